The summed E-state index contributed by atoms with van der Waals surface area (Å²) in [6.45, 7) is 11.1. The molecule has 0 aromatic rings. The maximum absolute atomic E-state index is 10.1. The zero-order chi connectivity index (χ0) is 18.9. The summed E-state index contributed by atoms with van der Waals surface area (Å²) in [7, 11) is 0. The Bertz CT molecular complexity index is 571. The van der Waals surface area contributed by atoms with Crippen LogP contribution in [0.2, 0.25) is 0 Å². The van der Waals surface area contributed by atoms with Crippen molar-refractivity contribution in [2.24, 2.45) is 23.2 Å². The highest BCUT2D eigenvalue weighted by Crippen LogP contribution is 2.59. The van der Waals surface area contributed by atoms with Gasteiger partial charge in [-0.25, -0.2) is 0 Å². The minimum absolute atomic E-state index is 0.469. The summed E-state index contributed by atoms with van der Waals surface area (Å²) in [4.78, 5) is 0. The molecule has 2 unspecified atom stereocenters. The third-order valence-corrected chi connectivity index (χ3v) is 7.77. The normalized spacial score (nSPS) is 40.6. The number of allylic oxidation sites excluding steroid dienone is 3. The Morgan fingerprint density at radius 3 is 2.54 bits per heavy atom. The van der Waals surface area contributed by atoms with Gasteiger partial charge in [0.25, 0.3) is 0 Å². The van der Waals surface area contributed by atoms with Crippen molar-refractivity contribution in [3.63, 3.8) is 0 Å². The van der Waals surface area contributed by atoms with Crippen LogP contribution < -0.4 is 0 Å². The predicted molar refractivity (Wildman–Crippen MR) is 109 cm³/mol. The van der Waals surface area contributed by atoms with Gasteiger partial charge in [0.05, 0.1) is 12.2 Å². The van der Waals surface area contributed by atoms with Crippen molar-refractivity contribution >= 4 is 0 Å². The Labute approximate surface area is 160 Å². The van der Waals surface area contributed by atoms with Gasteiger partial charge in [0.2, 0.25) is 0 Å². The van der Waals surface area contributed by atoms with E-state index in [4.69, 9.17) is 0 Å². The van der Waals surface area contributed by atoms with Crippen LogP contribution in [-0.4, -0.2) is 22.4 Å². The van der Waals surface area contributed by atoms with Crippen molar-refractivity contribution in [1.82, 2.24) is 0 Å². The number of hydrogen-bond donors (Lipinski definition) is 2. The van der Waals surface area contributed by atoms with Gasteiger partial charge in [-0.1, -0.05) is 63.5 Å². The molecular formula is C24H38O2. The molecule has 0 aromatic carbocycles. The van der Waals surface area contributed by atoms with E-state index in [1.54, 1.807) is 5.57 Å². The van der Waals surface area contributed by atoms with Gasteiger partial charge >= 0.3 is 0 Å². The second kappa shape index (κ2) is 8.02. The molecule has 3 rings (SSSR count). The SMILES string of the molecule is C=C1[C@H](O)CC(=C/C=C2\CCC[C@@]3(C)C2CCC3[C@@H](C)CCC)C[C@H]1O. The summed E-state index contributed by atoms with van der Waals surface area (Å²) in [5.74, 6) is 2.43. The molecule has 2 nitrogen and oxygen atoms in total. The first kappa shape index (κ1) is 19.9. The fourth-order valence-corrected chi connectivity index (χ4v) is 6.30. The summed E-state index contributed by atoms with van der Waals surface area (Å²) in [5.41, 5.74) is 3.82. The molecule has 26 heavy (non-hydrogen) atoms. The molecule has 2 N–H and O–H groups in total. The van der Waals surface area contributed by atoms with Crippen LogP contribution in [0.5, 0.6) is 0 Å². The smallest absolute Gasteiger partial charge is 0.0809 e. The lowest BCUT2D eigenvalue weighted by Gasteiger charge is -2.44. The van der Waals surface area contributed by atoms with E-state index in [1.165, 1.54) is 44.9 Å². The molecule has 0 bridgehead atoms. The fourth-order valence-electron chi connectivity index (χ4n) is 6.30. The number of rotatable bonds is 4. The molecule has 3 aliphatic rings. The van der Waals surface area contributed by atoms with Crippen molar-refractivity contribution in [2.45, 2.75) is 90.8 Å². The van der Waals surface area contributed by atoms with E-state index in [2.05, 4.69) is 39.5 Å². The van der Waals surface area contributed by atoms with Crippen molar-refractivity contribution in [3.8, 4) is 0 Å². The van der Waals surface area contributed by atoms with E-state index < -0.39 is 12.2 Å². The Hall–Kier alpha value is -0.860. The summed E-state index contributed by atoms with van der Waals surface area (Å²) >= 11 is 0. The predicted octanol–water partition coefficient (Wildman–Crippen LogP) is 5.56. The summed E-state index contributed by atoms with van der Waals surface area (Å²) in [6.07, 6.45) is 13.9. The van der Waals surface area contributed by atoms with E-state index >= 15 is 0 Å². The van der Waals surface area contributed by atoms with Gasteiger partial charge in [0, 0.05) is 0 Å². The van der Waals surface area contributed by atoms with E-state index in [9.17, 15) is 10.2 Å². The van der Waals surface area contributed by atoms with Gasteiger partial charge in [0.15, 0.2) is 0 Å². The highest BCUT2D eigenvalue weighted by Gasteiger charge is 2.50. The molecule has 0 spiro atoms. The first-order chi connectivity index (χ1) is 12.4. The third kappa shape index (κ3) is 3.73. The summed E-state index contributed by atoms with van der Waals surface area (Å²) in [5, 5.41) is 20.1. The largest absolute Gasteiger partial charge is 0.388 e. The molecule has 0 amide bonds. The highest BCUT2D eigenvalue weighted by atomic mass is 16.3. The van der Waals surface area contributed by atoms with E-state index in [0.29, 0.717) is 23.8 Å². The molecule has 0 radical (unpaired) electrons. The average molecular weight is 359 g/mol. The van der Waals surface area contributed by atoms with Crippen LogP contribution in [0.15, 0.2) is 35.5 Å². The van der Waals surface area contributed by atoms with Gasteiger partial charge < -0.3 is 10.2 Å². The quantitative estimate of drug-likeness (QED) is 0.646. The third-order valence-electron chi connectivity index (χ3n) is 7.77. The molecule has 0 aliphatic heterocycles. The van der Waals surface area contributed by atoms with Crippen LogP contribution in [0.3, 0.4) is 0 Å². The van der Waals surface area contributed by atoms with Crippen LogP contribution in [0.25, 0.3) is 0 Å². The monoisotopic (exact) mass is 358 g/mol. The molecule has 2 heteroatoms. The maximum atomic E-state index is 10.1. The Morgan fingerprint density at radius 2 is 1.88 bits per heavy atom. The lowest BCUT2D eigenvalue weighted by atomic mass is 9.61. The van der Waals surface area contributed by atoms with Crippen molar-refractivity contribution in [3.05, 3.63) is 35.5 Å². The van der Waals surface area contributed by atoms with Crippen LogP contribution in [0.4, 0.5) is 0 Å². The molecule has 3 aliphatic carbocycles. The minimum Gasteiger partial charge on any atom is -0.388 e. The molecule has 3 fully saturated rings. The molecule has 6 atom stereocenters. The topological polar surface area (TPSA) is 40.5 Å². The van der Waals surface area contributed by atoms with E-state index in [1.807, 2.05) is 0 Å². The Balaban J connectivity index is 1.76. The van der Waals surface area contributed by atoms with Gasteiger partial charge in [-0.15, -0.1) is 0 Å². The number of aliphatic hydroxyl groups is 2. The Kier molecular flexibility index (Phi) is 6.14. The molecule has 0 aromatic heterocycles. The molecular weight excluding hydrogens is 320 g/mol. The lowest BCUT2D eigenvalue weighted by Crippen LogP contribution is -2.36. The minimum atomic E-state index is -0.592. The van der Waals surface area contributed by atoms with Gasteiger partial charge in [0.1, 0.15) is 0 Å². The number of hydrogen-bond acceptors (Lipinski definition) is 2. The van der Waals surface area contributed by atoms with E-state index in [0.717, 1.165) is 23.3 Å². The van der Waals surface area contributed by atoms with Crippen molar-refractivity contribution in [1.29, 1.82) is 0 Å². The number of fused-ring (bicyclic) bond motifs is 1. The number of aliphatic hydroxyl groups excluding tert-OH is 2. The maximum Gasteiger partial charge on any atom is 0.0809 e. The molecule has 3 saturated carbocycles. The molecule has 146 valence electrons. The van der Waals surface area contributed by atoms with Crippen LogP contribution >= 0.6 is 0 Å². The second-order valence-corrected chi connectivity index (χ2v) is 9.44. The zero-order valence-electron chi connectivity index (χ0n) is 17.0. The first-order valence-electron chi connectivity index (χ1n) is 10.8. The average Bonchev–Trinajstić information content (AvgIpc) is 2.95. The molecule has 0 heterocycles. The summed E-state index contributed by atoms with van der Waals surface area (Å²) in [6, 6.07) is 0. The summed E-state index contributed by atoms with van der Waals surface area (Å²) < 4.78 is 0. The first-order valence-corrected chi connectivity index (χ1v) is 10.8. The lowest BCUT2D eigenvalue weighted by molar-refractivity contribution is 0.0940. The fraction of sp³-hybridized carbons (Fsp3) is 0.750. The van der Waals surface area contributed by atoms with Gasteiger partial charge in [-0.05, 0) is 73.7 Å². The van der Waals surface area contributed by atoms with E-state index in [-0.39, 0.29) is 0 Å². The second-order valence-electron chi connectivity index (χ2n) is 9.44. The molecule has 0 saturated heterocycles. The van der Waals surface area contributed by atoms with Gasteiger partial charge in [-0.2, -0.15) is 0 Å². The van der Waals surface area contributed by atoms with Crippen LogP contribution in [0, 0.1) is 23.2 Å². The van der Waals surface area contributed by atoms with Gasteiger partial charge in [-0.3, -0.25) is 0 Å². The highest BCUT2D eigenvalue weighted by molar-refractivity contribution is 5.29. The standard InChI is InChI=1S/C24H38O2/c1-5-7-16(2)20-11-12-21-19(8-6-13-24(20,21)4)10-9-18-14-22(25)17(3)23(26)15-18/h9-10,16,20-23,25-26H,3,5-8,11-15H2,1-2,4H3/b19-10+/t16-,20?,21?,22+,23+,24+/m0/s1. The van der Waals surface area contributed by atoms with Crippen molar-refractivity contribution < 1.29 is 10.2 Å². The Morgan fingerprint density at radius 1 is 1.19 bits per heavy atom. The van der Waals surface area contributed by atoms with Crippen LogP contribution in [-0.2, 0) is 0 Å². The van der Waals surface area contributed by atoms with Crippen molar-refractivity contribution in [2.75, 3.05) is 0 Å². The van der Waals surface area contributed by atoms with Crippen LogP contribution in [0.1, 0.15) is 78.6 Å². The zero-order valence-corrected chi connectivity index (χ0v) is 17.0.